The van der Waals surface area contributed by atoms with Crippen LogP contribution in [0.5, 0.6) is 0 Å². The molecular weight excluding hydrogens is 333 g/mol. The van der Waals surface area contributed by atoms with Crippen molar-refractivity contribution < 1.29 is 13.5 Å². The van der Waals surface area contributed by atoms with Crippen LogP contribution in [0.2, 0.25) is 10.0 Å². The zero-order valence-corrected chi connectivity index (χ0v) is 13.2. The highest BCUT2D eigenvalue weighted by molar-refractivity contribution is 7.89. The normalized spacial score (nSPS) is 13.1. The summed E-state index contributed by atoms with van der Waals surface area (Å²) >= 11 is 11.6. The lowest BCUT2D eigenvalue weighted by Crippen LogP contribution is -2.30. The summed E-state index contributed by atoms with van der Waals surface area (Å²) in [7, 11) is -3.84. The molecule has 0 radical (unpaired) electrons. The number of rotatable bonds is 5. The average molecular weight is 346 g/mol. The number of hydrogen-bond acceptors (Lipinski definition) is 3. The largest absolute Gasteiger partial charge is 0.394 e. The van der Waals surface area contributed by atoms with E-state index in [-0.39, 0.29) is 21.5 Å². The summed E-state index contributed by atoms with van der Waals surface area (Å²) in [6.45, 7) is -0.364. The molecule has 0 amide bonds. The van der Waals surface area contributed by atoms with E-state index in [9.17, 15) is 13.5 Å². The number of aliphatic hydroxyl groups is 1. The van der Waals surface area contributed by atoms with Gasteiger partial charge < -0.3 is 5.11 Å². The first-order chi connectivity index (χ1) is 9.92. The van der Waals surface area contributed by atoms with Gasteiger partial charge in [0, 0.05) is 10.0 Å². The minimum Gasteiger partial charge on any atom is -0.394 e. The maximum atomic E-state index is 12.3. The Morgan fingerprint density at radius 1 is 1.05 bits per heavy atom. The summed E-state index contributed by atoms with van der Waals surface area (Å²) in [6, 6.07) is 12.1. The van der Waals surface area contributed by atoms with Crippen molar-refractivity contribution in [3.8, 4) is 0 Å². The molecule has 21 heavy (non-hydrogen) atoms. The summed E-state index contributed by atoms with van der Waals surface area (Å²) < 4.78 is 27.1. The lowest BCUT2D eigenvalue weighted by atomic mass is 10.1. The van der Waals surface area contributed by atoms with Crippen LogP contribution in [0.3, 0.4) is 0 Å². The minimum atomic E-state index is -3.84. The number of hydrogen-bond donors (Lipinski definition) is 2. The van der Waals surface area contributed by atoms with E-state index in [1.54, 1.807) is 24.3 Å². The summed E-state index contributed by atoms with van der Waals surface area (Å²) in [5.41, 5.74) is 0.664. The van der Waals surface area contributed by atoms with Crippen LogP contribution in [0, 0.1) is 0 Å². The number of halogens is 2. The van der Waals surface area contributed by atoms with E-state index in [0.29, 0.717) is 5.56 Å². The van der Waals surface area contributed by atoms with Crippen molar-refractivity contribution in [3.05, 3.63) is 64.1 Å². The van der Waals surface area contributed by atoms with Crippen LogP contribution in [0.1, 0.15) is 11.6 Å². The van der Waals surface area contributed by atoms with E-state index >= 15 is 0 Å². The number of sulfonamides is 1. The molecule has 0 spiro atoms. The highest BCUT2D eigenvalue weighted by atomic mass is 35.5. The maximum absolute atomic E-state index is 12.3. The second-order valence-corrected chi connectivity index (χ2v) is 6.96. The third-order valence-electron chi connectivity index (χ3n) is 2.83. The molecule has 0 saturated heterocycles. The summed E-state index contributed by atoms with van der Waals surface area (Å²) in [4.78, 5) is -0.0469. The van der Waals surface area contributed by atoms with E-state index in [2.05, 4.69) is 4.72 Å². The van der Waals surface area contributed by atoms with Crippen LogP contribution in [0.25, 0.3) is 0 Å². The summed E-state index contributed by atoms with van der Waals surface area (Å²) in [5.74, 6) is 0. The fraction of sp³-hybridized carbons (Fsp3) is 0.143. The highest BCUT2D eigenvalue weighted by Gasteiger charge is 2.21. The fourth-order valence-electron chi connectivity index (χ4n) is 1.84. The zero-order valence-electron chi connectivity index (χ0n) is 10.8. The molecule has 2 rings (SSSR count). The smallest absolute Gasteiger partial charge is 0.241 e. The maximum Gasteiger partial charge on any atom is 0.241 e. The molecule has 0 fully saturated rings. The van der Waals surface area contributed by atoms with Gasteiger partial charge in [-0.15, -0.1) is 0 Å². The molecule has 0 unspecified atom stereocenters. The van der Waals surface area contributed by atoms with Crippen LogP contribution in [-0.4, -0.2) is 20.1 Å². The molecular formula is C14H13Cl2NO3S. The minimum absolute atomic E-state index is 0.0469. The number of benzene rings is 2. The van der Waals surface area contributed by atoms with Gasteiger partial charge in [-0.1, -0.05) is 53.5 Å². The Bertz CT molecular complexity index is 700. The van der Waals surface area contributed by atoms with E-state index in [4.69, 9.17) is 23.2 Å². The predicted molar refractivity (Wildman–Crippen MR) is 83.1 cm³/mol. The van der Waals surface area contributed by atoms with Gasteiger partial charge in [-0.05, 0) is 23.8 Å². The Kier molecular flexibility index (Phi) is 5.24. The van der Waals surface area contributed by atoms with E-state index in [1.165, 1.54) is 18.2 Å². The SMILES string of the molecule is O=S(=O)(N[C@H](CO)c1ccccc1)c1cc(Cl)cc(Cl)c1. The Balaban J connectivity index is 2.31. The third kappa shape index (κ3) is 4.18. The molecule has 2 N–H and O–H groups in total. The summed E-state index contributed by atoms with van der Waals surface area (Å²) in [5, 5.41) is 9.87. The predicted octanol–water partition coefficient (Wildman–Crippen LogP) is 3.01. The Hall–Kier alpha value is -1.11. The Morgan fingerprint density at radius 3 is 2.14 bits per heavy atom. The lowest BCUT2D eigenvalue weighted by Gasteiger charge is -2.17. The molecule has 0 heterocycles. The van der Waals surface area contributed by atoms with Crippen molar-refractivity contribution in [2.45, 2.75) is 10.9 Å². The molecule has 2 aromatic carbocycles. The number of aliphatic hydroxyl groups excluding tert-OH is 1. The van der Waals surface area contributed by atoms with Crippen LogP contribution in [0.4, 0.5) is 0 Å². The van der Waals surface area contributed by atoms with Crippen molar-refractivity contribution in [2.24, 2.45) is 0 Å². The van der Waals surface area contributed by atoms with Crippen molar-refractivity contribution in [3.63, 3.8) is 0 Å². The highest BCUT2D eigenvalue weighted by Crippen LogP contribution is 2.24. The molecule has 0 aliphatic carbocycles. The van der Waals surface area contributed by atoms with Gasteiger partial charge in [0.25, 0.3) is 0 Å². The first-order valence-electron chi connectivity index (χ1n) is 6.06. The zero-order chi connectivity index (χ0) is 15.5. The van der Waals surface area contributed by atoms with Crippen molar-refractivity contribution in [1.82, 2.24) is 4.72 Å². The second kappa shape index (κ2) is 6.77. The van der Waals surface area contributed by atoms with Crippen LogP contribution >= 0.6 is 23.2 Å². The van der Waals surface area contributed by atoms with Gasteiger partial charge in [0.1, 0.15) is 0 Å². The first-order valence-corrected chi connectivity index (χ1v) is 8.30. The second-order valence-electron chi connectivity index (χ2n) is 4.37. The first kappa shape index (κ1) is 16.3. The van der Waals surface area contributed by atoms with Gasteiger partial charge in [-0.2, -0.15) is 0 Å². The van der Waals surface area contributed by atoms with Gasteiger partial charge in [-0.3, -0.25) is 0 Å². The van der Waals surface area contributed by atoms with Crippen LogP contribution in [-0.2, 0) is 10.0 Å². The molecule has 0 aromatic heterocycles. The Morgan fingerprint density at radius 2 is 1.62 bits per heavy atom. The molecule has 0 saturated carbocycles. The quantitative estimate of drug-likeness (QED) is 0.875. The van der Waals surface area contributed by atoms with Gasteiger partial charge in [-0.25, -0.2) is 13.1 Å². The average Bonchev–Trinajstić information content (AvgIpc) is 2.45. The van der Waals surface area contributed by atoms with E-state index in [0.717, 1.165) is 0 Å². The molecule has 0 aliphatic rings. The standard InChI is InChI=1S/C14H13Cl2NO3S/c15-11-6-12(16)8-13(7-11)21(19,20)17-14(9-18)10-4-2-1-3-5-10/h1-8,14,17-18H,9H2/t14-/m1/s1. The molecule has 0 aliphatic heterocycles. The monoisotopic (exact) mass is 345 g/mol. The molecule has 0 bridgehead atoms. The lowest BCUT2D eigenvalue weighted by molar-refractivity contribution is 0.259. The fourth-order valence-corrected chi connectivity index (χ4v) is 3.78. The van der Waals surface area contributed by atoms with E-state index < -0.39 is 16.1 Å². The molecule has 1 atom stereocenters. The third-order valence-corrected chi connectivity index (χ3v) is 4.72. The molecule has 112 valence electrons. The topological polar surface area (TPSA) is 66.4 Å². The number of nitrogens with one attached hydrogen (secondary N) is 1. The van der Waals surface area contributed by atoms with Gasteiger partial charge in [0.05, 0.1) is 17.5 Å². The molecule has 7 heteroatoms. The van der Waals surface area contributed by atoms with Gasteiger partial charge in [0.2, 0.25) is 10.0 Å². The van der Waals surface area contributed by atoms with Crippen molar-refractivity contribution in [2.75, 3.05) is 6.61 Å². The van der Waals surface area contributed by atoms with Gasteiger partial charge in [0.15, 0.2) is 0 Å². The van der Waals surface area contributed by atoms with Crippen molar-refractivity contribution >= 4 is 33.2 Å². The van der Waals surface area contributed by atoms with Crippen LogP contribution < -0.4 is 4.72 Å². The molecule has 2 aromatic rings. The molecule has 4 nitrogen and oxygen atoms in total. The summed E-state index contributed by atoms with van der Waals surface area (Å²) in [6.07, 6.45) is 0. The van der Waals surface area contributed by atoms with E-state index in [1.807, 2.05) is 6.07 Å². The Labute approximate surface area is 133 Å². The van der Waals surface area contributed by atoms with Crippen LogP contribution in [0.15, 0.2) is 53.4 Å². The van der Waals surface area contributed by atoms with Crippen molar-refractivity contribution in [1.29, 1.82) is 0 Å². The van der Waals surface area contributed by atoms with Gasteiger partial charge >= 0.3 is 0 Å².